The Kier molecular flexibility index (Phi) is 5.23. The molecule has 2 aromatic rings. The lowest BCUT2D eigenvalue weighted by Crippen LogP contribution is -2.24. The van der Waals surface area contributed by atoms with Gasteiger partial charge in [0.15, 0.2) is 0 Å². The van der Waals surface area contributed by atoms with E-state index in [1.807, 2.05) is 31.2 Å². The van der Waals surface area contributed by atoms with Gasteiger partial charge in [0.2, 0.25) is 11.0 Å². The molecule has 1 N–H and O–H groups in total. The molecule has 0 unspecified atom stereocenters. The van der Waals surface area contributed by atoms with Gasteiger partial charge >= 0.3 is 0 Å². The van der Waals surface area contributed by atoms with E-state index in [0.717, 1.165) is 42.0 Å². The Hall–Kier alpha value is -1.95. The van der Waals surface area contributed by atoms with Gasteiger partial charge in [0.1, 0.15) is 10.8 Å². The molecule has 1 aromatic carbocycles. The van der Waals surface area contributed by atoms with Gasteiger partial charge in [0.25, 0.3) is 0 Å². The van der Waals surface area contributed by atoms with E-state index < -0.39 is 0 Å². The smallest absolute Gasteiger partial charge is 0.229 e. The lowest BCUT2D eigenvalue weighted by atomic mass is 9.89. The lowest BCUT2D eigenvalue weighted by Gasteiger charge is -2.19. The SMILES string of the molecule is CCOc1cccc(-c2nnc(NC(=O)C3CCCCC3)s2)c1. The molecule has 1 saturated carbocycles. The number of rotatable bonds is 5. The van der Waals surface area contributed by atoms with Gasteiger partial charge in [0.05, 0.1) is 6.61 Å². The van der Waals surface area contributed by atoms with Gasteiger partial charge in [-0.25, -0.2) is 0 Å². The molecule has 122 valence electrons. The molecule has 1 amide bonds. The van der Waals surface area contributed by atoms with Gasteiger partial charge in [-0.3, -0.25) is 4.79 Å². The van der Waals surface area contributed by atoms with Crippen molar-refractivity contribution in [3.05, 3.63) is 24.3 Å². The number of amides is 1. The number of aromatic nitrogens is 2. The van der Waals surface area contributed by atoms with E-state index >= 15 is 0 Å². The van der Waals surface area contributed by atoms with Crippen LogP contribution in [0.4, 0.5) is 5.13 Å². The molecule has 5 nitrogen and oxygen atoms in total. The normalized spacial score (nSPS) is 15.3. The number of nitrogens with one attached hydrogen (secondary N) is 1. The Morgan fingerprint density at radius 2 is 2.13 bits per heavy atom. The minimum absolute atomic E-state index is 0.0791. The fourth-order valence-corrected chi connectivity index (χ4v) is 3.59. The zero-order valence-corrected chi connectivity index (χ0v) is 14.1. The van der Waals surface area contributed by atoms with Crippen LogP contribution in [0.3, 0.4) is 0 Å². The second-order valence-corrected chi connectivity index (χ2v) is 6.67. The van der Waals surface area contributed by atoms with Crippen LogP contribution in [-0.2, 0) is 4.79 Å². The zero-order valence-electron chi connectivity index (χ0n) is 13.2. The Labute approximate surface area is 140 Å². The molecule has 0 saturated heterocycles. The van der Waals surface area contributed by atoms with Crippen molar-refractivity contribution >= 4 is 22.4 Å². The number of carbonyl (C=O) groups is 1. The first-order valence-corrected chi connectivity index (χ1v) is 8.95. The van der Waals surface area contributed by atoms with E-state index in [9.17, 15) is 4.79 Å². The zero-order chi connectivity index (χ0) is 16.1. The van der Waals surface area contributed by atoms with Crippen LogP contribution in [0.5, 0.6) is 5.75 Å². The molecule has 0 atom stereocenters. The standard InChI is InChI=1S/C17H21N3O2S/c1-2-22-14-10-6-9-13(11-14)16-19-20-17(23-16)18-15(21)12-7-4-3-5-8-12/h6,9-12H,2-5,7-8H2,1H3,(H,18,20,21). The fraction of sp³-hybridized carbons (Fsp3) is 0.471. The summed E-state index contributed by atoms with van der Waals surface area (Å²) >= 11 is 1.40. The van der Waals surface area contributed by atoms with Gasteiger partial charge < -0.3 is 10.1 Å². The van der Waals surface area contributed by atoms with Crippen LogP contribution >= 0.6 is 11.3 Å². The van der Waals surface area contributed by atoms with Crippen molar-refractivity contribution in [3.63, 3.8) is 0 Å². The van der Waals surface area contributed by atoms with Crippen molar-refractivity contribution in [2.75, 3.05) is 11.9 Å². The third-order valence-electron chi connectivity index (χ3n) is 4.02. The Morgan fingerprint density at radius 3 is 2.91 bits per heavy atom. The highest BCUT2D eigenvalue weighted by atomic mass is 32.1. The van der Waals surface area contributed by atoms with Crippen molar-refractivity contribution in [3.8, 4) is 16.3 Å². The van der Waals surface area contributed by atoms with Crippen LogP contribution in [-0.4, -0.2) is 22.7 Å². The van der Waals surface area contributed by atoms with E-state index in [-0.39, 0.29) is 11.8 Å². The van der Waals surface area contributed by atoms with Crippen LogP contribution in [0.1, 0.15) is 39.0 Å². The number of nitrogens with zero attached hydrogens (tertiary/aromatic N) is 2. The first-order chi connectivity index (χ1) is 11.3. The van der Waals surface area contributed by atoms with E-state index in [4.69, 9.17) is 4.74 Å². The molecule has 1 aromatic heterocycles. The predicted molar refractivity (Wildman–Crippen MR) is 91.7 cm³/mol. The molecule has 0 spiro atoms. The highest BCUT2D eigenvalue weighted by Crippen LogP contribution is 2.30. The van der Waals surface area contributed by atoms with E-state index in [1.165, 1.54) is 17.8 Å². The van der Waals surface area contributed by atoms with Crippen molar-refractivity contribution in [2.24, 2.45) is 5.92 Å². The summed E-state index contributed by atoms with van der Waals surface area (Å²) in [5.74, 6) is 1.01. The van der Waals surface area contributed by atoms with Gasteiger partial charge in [-0.05, 0) is 31.9 Å². The number of benzene rings is 1. The van der Waals surface area contributed by atoms with Crippen LogP contribution in [0, 0.1) is 5.92 Å². The number of hydrogen-bond acceptors (Lipinski definition) is 5. The molecular formula is C17H21N3O2S. The minimum Gasteiger partial charge on any atom is -0.494 e. The molecule has 0 bridgehead atoms. The summed E-state index contributed by atoms with van der Waals surface area (Å²) < 4.78 is 5.51. The average molecular weight is 331 g/mol. The summed E-state index contributed by atoms with van der Waals surface area (Å²) in [6, 6.07) is 7.76. The monoisotopic (exact) mass is 331 g/mol. The van der Waals surface area contributed by atoms with Gasteiger partial charge in [0, 0.05) is 11.5 Å². The highest BCUT2D eigenvalue weighted by Gasteiger charge is 2.22. The van der Waals surface area contributed by atoms with Crippen LogP contribution < -0.4 is 10.1 Å². The lowest BCUT2D eigenvalue weighted by molar-refractivity contribution is -0.120. The fourth-order valence-electron chi connectivity index (χ4n) is 2.85. The molecule has 3 rings (SSSR count). The van der Waals surface area contributed by atoms with Crippen LogP contribution in [0.25, 0.3) is 10.6 Å². The van der Waals surface area contributed by atoms with E-state index in [0.29, 0.717) is 11.7 Å². The highest BCUT2D eigenvalue weighted by molar-refractivity contribution is 7.18. The Morgan fingerprint density at radius 1 is 1.30 bits per heavy atom. The number of ether oxygens (including phenoxy) is 1. The molecule has 23 heavy (non-hydrogen) atoms. The van der Waals surface area contributed by atoms with Crippen molar-refractivity contribution in [1.29, 1.82) is 0 Å². The predicted octanol–water partition coefficient (Wildman–Crippen LogP) is 4.12. The molecule has 1 aliphatic rings. The van der Waals surface area contributed by atoms with Crippen molar-refractivity contribution < 1.29 is 9.53 Å². The largest absolute Gasteiger partial charge is 0.494 e. The minimum atomic E-state index is 0.0791. The topological polar surface area (TPSA) is 64.1 Å². The maximum Gasteiger partial charge on any atom is 0.229 e. The van der Waals surface area contributed by atoms with Crippen LogP contribution in [0.15, 0.2) is 24.3 Å². The summed E-state index contributed by atoms with van der Waals surface area (Å²) in [4.78, 5) is 12.3. The molecule has 6 heteroatoms. The quantitative estimate of drug-likeness (QED) is 0.895. The van der Waals surface area contributed by atoms with Gasteiger partial charge in [-0.1, -0.05) is 42.7 Å². The second-order valence-electron chi connectivity index (χ2n) is 5.70. The van der Waals surface area contributed by atoms with Gasteiger partial charge in [-0.2, -0.15) is 0 Å². The Balaban J connectivity index is 1.67. The first kappa shape index (κ1) is 15.9. The third kappa shape index (κ3) is 4.07. The molecular weight excluding hydrogens is 310 g/mol. The second kappa shape index (κ2) is 7.55. The summed E-state index contributed by atoms with van der Waals surface area (Å²) in [5, 5.41) is 12.5. The molecule has 1 fully saturated rings. The molecule has 0 radical (unpaired) electrons. The first-order valence-electron chi connectivity index (χ1n) is 8.14. The number of carbonyl (C=O) groups excluding carboxylic acids is 1. The molecule has 1 heterocycles. The Bertz CT molecular complexity index is 665. The number of anilines is 1. The average Bonchev–Trinajstić information content (AvgIpc) is 3.05. The molecule has 0 aliphatic heterocycles. The van der Waals surface area contributed by atoms with Crippen molar-refractivity contribution in [2.45, 2.75) is 39.0 Å². The molecule has 1 aliphatic carbocycles. The third-order valence-corrected chi connectivity index (χ3v) is 4.91. The van der Waals surface area contributed by atoms with Crippen LogP contribution in [0.2, 0.25) is 0 Å². The summed E-state index contributed by atoms with van der Waals surface area (Å²) in [6.45, 7) is 2.58. The van der Waals surface area contributed by atoms with Crippen molar-refractivity contribution in [1.82, 2.24) is 10.2 Å². The summed E-state index contributed by atoms with van der Waals surface area (Å²) in [6.07, 6.45) is 5.48. The van der Waals surface area contributed by atoms with Gasteiger partial charge in [-0.15, -0.1) is 10.2 Å². The number of hydrogen-bond donors (Lipinski definition) is 1. The summed E-state index contributed by atoms with van der Waals surface area (Å²) in [5.41, 5.74) is 0.951. The van der Waals surface area contributed by atoms with E-state index in [1.54, 1.807) is 0 Å². The summed E-state index contributed by atoms with van der Waals surface area (Å²) in [7, 11) is 0. The maximum absolute atomic E-state index is 12.3. The maximum atomic E-state index is 12.3. The van der Waals surface area contributed by atoms with E-state index in [2.05, 4.69) is 15.5 Å².